The molecule has 2 saturated carbocycles. The number of hydrogen-bond acceptors (Lipinski definition) is 5. The van der Waals surface area contributed by atoms with Gasteiger partial charge in [0.25, 0.3) is 0 Å². The highest BCUT2D eigenvalue weighted by Crippen LogP contribution is 2.58. The first kappa shape index (κ1) is 45.0. The van der Waals surface area contributed by atoms with Crippen molar-refractivity contribution in [2.45, 2.75) is 139 Å². The maximum absolute atomic E-state index is 13.6. The van der Waals surface area contributed by atoms with Crippen molar-refractivity contribution in [2.75, 3.05) is 6.61 Å². The van der Waals surface area contributed by atoms with Crippen LogP contribution < -0.4 is 0 Å². The number of ether oxygens (including phenoxy) is 1. The Morgan fingerprint density at radius 3 is 1.63 bits per heavy atom. The van der Waals surface area contributed by atoms with Gasteiger partial charge in [-0.25, -0.2) is 22.9 Å². The Bertz CT molecular complexity index is 2710. The van der Waals surface area contributed by atoms with E-state index in [0.717, 1.165) is 109 Å². The van der Waals surface area contributed by atoms with Gasteiger partial charge in [-0.05, 0) is 215 Å². The molecule has 344 valence electrons. The van der Waals surface area contributed by atoms with Gasteiger partial charge in [0.2, 0.25) is 0 Å². The normalized spacial score (nSPS) is 27.6. The van der Waals surface area contributed by atoms with Gasteiger partial charge in [-0.15, -0.1) is 0 Å². The van der Waals surface area contributed by atoms with Crippen molar-refractivity contribution in [1.82, 2.24) is 19.6 Å². The monoisotopic (exact) mass is 896 g/mol. The van der Waals surface area contributed by atoms with Gasteiger partial charge in [-0.2, -0.15) is 23.4 Å². The van der Waals surface area contributed by atoms with E-state index < -0.39 is 17.7 Å². The van der Waals surface area contributed by atoms with E-state index in [0.29, 0.717) is 18.8 Å². The van der Waals surface area contributed by atoms with Crippen LogP contribution in [-0.4, -0.2) is 59.7 Å². The van der Waals surface area contributed by atoms with Crippen molar-refractivity contribution >= 4 is 27.8 Å². The van der Waals surface area contributed by atoms with Gasteiger partial charge < -0.3 is 14.9 Å². The van der Waals surface area contributed by atoms with E-state index >= 15 is 0 Å². The number of halogens is 5. The molecule has 0 aliphatic heterocycles. The Balaban J connectivity index is 0.000000164. The number of benzene rings is 4. The molecule has 13 heteroatoms. The number of fused-ring (bicyclic) bond motifs is 8. The maximum Gasteiger partial charge on any atom is 0.417 e. The molecular weight excluding hydrogens is 840 g/mol. The maximum atomic E-state index is 13.6. The Morgan fingerprint density at radius 1 is 0.723 bits per heavy atom. The molecule has 6 aromatic rings. The number of aryl methyl sites for hydroxylation is 2. The van der Waals surface area contributed by atoms with Crippen LogP contribution >= 0.6 is 0 Å². The summed E-state index contributed by atoms with van der Waals surface area (Å²) in [5.41, 5.74) is 5.34. The summed E-state index contributed by atoms with van der Waals surface area (Å²) < 4.78 is 77.2. The molecule has 0 bridgehead atoms. The SMILES string of the molecule is CC[C@]12CC[C@@](O)(C(F)(F)F)C[C@@H]1CCCc1cc3c(cnn3-c3ccc(F)cc3)cc12.CC[C@]12CC[C@](C)(OCC(=O)O)C[C@@H]1CCCc1cc3c(cnn3-c3ccc(F)cc3)cc12. The topological polar surface area (TPSA) is 102 Å². The minimum Gasteiger partial charge on any atom is -0.480 e. The Hall–Kier alpha value is -5.14. The molecule has 0 amide bonds. The fourth-order valence-electron chi connectivity index (χ4n) is 12.5. The number of aliphatic carboxylic acids is 1. The third-order valence-corrected chi connectivity index (χ3v) is 16.0. The molecule has 65 heavy (non-hydrogen) atoms. The summed E-state index contributed by atoms with van der Waals surface area (Å²) in [5, 5.41) is 30.7. The van der Waals surface area contributed by atoms with Crippen LogP contribution in [0.5, 0.6) is 0 Å². The molecule has 6 atom stereocenters. The number of alkyl halides is 3. The first-order valence-corrected chi connectivity index (χ1v) is 23.2. The van der Waals surface area contributed by atoms with Crippen molar-refractivity contribution in [3.63, 3.8) is 0 Å². The molecular formula is C52H57F5N4O4. The Kier molecular flexibility index (Phi) is 11.7. The number of aromatic nitrogens is 4. The minimum atomic E-state index is -4.61. The molecule has 0 spiro atoms. The van der Waals surface area contributed by atoms with Crippen LogP contribution in [0, 0.1) is 23.5 Å². The second kappa shape index (κ2) is 16.9. The van der Waals surface area contributed by atoms with Gasteiger partial charge >= 0.3 is 12.1 Å². The van der Waals surface area contributed by atoms with E-state index in [2.05, 4.69) is 48.3 Å². The molecule has 2 aromatic heterocycles. The lowest BCUT2D eigenvalue weighted by molar-refractivity contribution is -0.279. The second-order valence-corrected chi connectivity index (χ2v) is 19.5. The Labute approximate surface area is 375 Å². The lowest BCUT2D eigenvalue weighted by Crippen LogP contribution is -2.54. The van der Waals surface area contributed by atoms with Crippen molar-refractivity contribution in [1.29, 1.82) is 0 Å². The average molecular weight is 897 g/mol. The number of carboxylic acid groups (broad SMARTS) is 1. The summed E-state index contributed by atoms with van der Waals surface area (Å²) in [7, 11) is 0. The molecule has 8 nitrogen and oxygen atoms in total. The molecule has 10 rings (SSSR count). The van der Waals surface area contributed by atoms with Crippen LogP contribution in [0.3, 0.4) is 0 Å². The summed E-state index contributed by atoms with van der Waals surface area (Å²) in [4.78, 5) is 11.1. The largest absolute Gasteiger partial charge is 0.480 e. The molecule has 4 aromatic carbocycles. The molecule has 2 N–H and O–H groups in total. The second-order valence-electron chi connectivity index (χ2n) is 19.5. The summed E-state index contributed by atoms with van der Waals surface area (Å²) in [6.45, 7) is 6.18. The van der Waals surface area contributed by atoms with Crippen molar-refractivity contribution in [3.8, 4) is 11.4 Å². The van der Waals surface area contributed by atoms with Gasteiger partial charge in [-0.1, -0.05) is 13.8 Å². The van der Waals surface area contributed by atoms with Crippen molar-refractivity contribution in [2.24, 2.45) is 11.8 Å². The van der Waals surface area contributed by atoms with Crippen molar-refractivity contribution < 1.29 is 41.7 Å². The molecule has 4 aliphatic rings. The van der Waals surface area contributed by atoms with E-state index in [-0.39, 0.29) is 53.4 Å². The smallest absolute Gasteiger partial charge is 0.417 e. The zero-order chi connectivity index (χ0) is 45.9. The first-order chi connectivity index (χ1) is 31.0. The summed E-state index contributed by atoms with van der Waals surface area (Å²) in [5.74, 6) is -1.24. The third-order valence-electron chi connectivity index (χ3n) is 16.0. The van der Waals surface area contributed by atoms with Crippen LogP contribution in [0.4, 0.5) is 22.0 Å². The molecule has 0 radical (unpaired) electrons. The molecule has 0 unspecified atom stereocenters. The fourth-order valence-corrected chi connectivity index (χ4v) is 12.5. The molecule has 0 saturated heterocycles. The highest BCUT2D eigenvalue weighted by Gasteiger charge is 2.60. The van der Waals surface area contributed by atoms with Gasteiger partial charge in [0.15, 0.2) is 5.60 Å². The number of rotatable bonds is 7. The summed E-state index contributed by atoms with van der Waals surface area (Å²) in [6, 6.07) is 21.4. The lowest BCUT2D eigenvalue weighted by Gasteiger charge is -2.50. The van der Waals surface area contributed by atoms with Crippen LogP contribution in [-0.2, 0) is 33.2 Å². The average Bonchev–Trinajstić information content (AvgIpc) is 3.81. The van der Waals surface area contributed by atoms with Crippen LogP contribution in [0.2, 0.25) is 0 Å². The molecule has 4 aliphatic carbocycles. The Morgan fingerprint density at radius 2 is 1.18 bits per heavy atom. The van der Waals surface area contributed by atoms with Crippen molar-refractivity contribution in [3.05, 3.63) is 119 Å². The minimum absolute atomic E-state index is 0.0735. The van der Waals surface area contributed by atoms with Gasteiger partial charge in [0.05, 0.1) is 40.4 Å². The number of carboxylic acids is 1. The van der Waals surface area contributed by atoms with E-state index in [4.69, 9.17) is 9.84 Å². The standard InChI is InChI=1S/C27H31FN2O3.C25H26F4N2O/c1-3-27-12-11-26(2,33-17-25(31)32)15-20(27)6-4-5-18-14-24-19(13-23(18)27)16-29-30(24)22-9-7-21(28)8-10-22;1-2-23-10-11-24(32,25(27,28)29)14-18(23)5-3-4-16-13-22-17(12-21(16)23)15-30-31(22)20-8-6-19(26)7-9-20/h7-10,13-14,16,20H,3-6,11-12,15,17H2,1-2H3,(H,31,32);6-9,12-13,15,18,32H,2-5,10-11,14H2,1H3/t20-,26-,27-;18-,23-,24-/m00/s1. The van der Waals surface area contributed by atoms with E-state index in [1.807, 2.05) is 17.8 Å². The number of carbonyl (C=O) groups is 1. The quantitative estimate of drug-likeness (QED) is 0.155. The van der Waals surface area contributed by atoms with Gasteiger partial charge in [0, 0.05) is 10.8 Å². The van der Waals surface area contributed by atoms with Crippen LogP contribution in [0.25, 0.3) is 33.2 Å². The lowest BCUT2D eigenvalue weighted by atomic mass is 9.56. The number of aliphatic hydroxyl groups is 1. The molecule has 2 fully saturated rings. The van der Waals surface area contributed by atoms with E-state index in [1.54, 1.807) is 35.1 Å². The highest BCUT2D eigenvalue weighted by atomic mass is 19.4. The number of nitrogens with zero attached hydrogens (tertiary/aromatic N) is 4. The van der Waals surface area contributed by atoms with Crippen LogP contribution in [0.1, 0.15) is 120 Å². The fraction of sp³-hybridized carbons (Fsp3) is 0.481. The summed E-state index contributed by atoms with van der Waals surface area (Å²) in [6.07, 6.45) is 8.86. The number of hydrogen-bond donors (Lipinski definition) is 2. The highest BCUT2D eigenvalue weighted by molar-refractivity contribution is 5.84. The first-order valence-electron chi connectivity index (χ1n) is 23.2. The van der Waals surface area contributed by atoms with E-state index in [9.17, 15) is 31.9 Å². The van der Waals surface area contributed by atoms with Gasteiger partial charge in [0.1, 0.15) is 18.2 Å². The predicted octanol–water partition coefficient (Wildman–Crippen LogP) is 12.1. The zero-order valence-corrected chi connectivity index (χ0v) is 37.2. The predicted molar refractivity (Wildman–Crippen MR) is 240 cm³/mol. The van der Waals surface area contributed by atoms with E-state index in [1.165, 1.54) is 35.4 Å². The van der Waals surface area contributed by atoms with Crippen LogP contribution in [0.15, 0.2) is 85.2 Å². The molecule has 2 heterocycles. The van der Waals surface area contributed by atoms with Gasteiger partial charge in [-0.3, -0.25) is 0 Å². The summed E-state index contributed by atoms with van der Waals surface area (Å²) >= 11 is 0. The zero-order valence-electron chi connectivity index (χ0n) is 37.2. The third kappa shape index (κ3) is 8.04.